The van der Waals surface area contributed by atoms with Gasteiger partial charge >= 0.3 is 5.97 Å². The van der Waals surface area contributed by atoms with Crippen molar-refractivity contribution in [3.05, 3.63) is 11.6 Å². The minimum Gasteiger partial charge on any atom is -0.478 e. The number of carboxylic acids is 1. The number of carbonyl (C=O) groups is 1. The predicted molar refractivity (Wildman–Crippen MR) is 106 cm³/mol. The Bertz CT molecular complexity index is 703. The summed E-state index contributed by atoms with van der Waals surface area (Å²) in [6.07, 6.45) is 8.58. The van der Waals surface area contributed by atoms with Gasteiger partial charge in [0.2, 0.25) is 0 Å². The summed E-state index contributed by atoms with van der Waals surface area (Å²) in [5.74, 6) is 0.0360. The molecule has 0 bridgehead atoms. The highest BCUT2D eigenvalue weighted by molar-refractivity contribution is 5.86. The number of fused-ring (bicyclic) bond motifs is 5. The van der Waals surface area contributed by atoms with Gasteiger partial charge in [-0.25, -0.2) is 4.79 Å². The zero-order valence-corrected chi connectivity index (χ0v) is 17.4. The summed E-state index contributed by atoms with van der Waals surface area (Å²) in [4.78, 5) is 11.4. The lowest BCUT2D eigenvalue weighted by Gasteiger charge is -2.64. The van der Waals surface area contributed by atoms with Crippen molar-refractivity contribution in [2.75, 3.05) is 0 Å². The molecular formula is C23H36O5. The number of hydrogen-bond donors (Lipinski definition) is 4. The topological polar surface area (TPSA) is 98.0 Å². The molecule has 0 heterocycles. The summed E-state index contributed by atoms with van der Waals surface area (Å²) in [6.45, 7) is 5.86. The van der Waals surface area contributed by atoms with Crippen LogP contribution in [-0.2, 0) is 4.79 Å². The summed E-state index contributed by atoms with van der Waals surface area (Å²) < 4.78 is 0. The Morgan fingerprint density at radius 2 is 1.68 bits per heavy atom. The second-order valence-corrected chi connectivity index (χ2v) is 10.8. The van der Waals surface area contributed by atoms with E-state index in [-0.39, 0.29) is 23.0 Å². The molecule has 5 heteroatoms. The fourth-order valence-corrected chi connectivity index (χ4v) is 7.91. The van der Waals surface area contributed by atoms with Crippen molar-refractivity contribution in [2.24, 2.45) is 28.6 Å². The summed E-state index contributed by atoms with van der Waals surface area (Å²) in [5, 5.41) is 43.0. The minimum absolute atomic E-state index is 0.135. The van der Waals surface area contributed by atoms with Crippen molar-refractivity contribution in [2.45, 2.75) is 95.9 Å². The van der Waals surface area contributed by atoms with Crippen LogP contribution in [0.4, 0.5) is 0 Å². The SMILES string of the molecule is C/C(=C\[C@@]1(O)CC[C@@]2(O)[C@@H]3CCC4CC(O)CC[C@]4(C)[C@H]3CC[C@]12C)C(=O)O. The Morgan fingerprint density at radius 3 is 2.36 bits per heavy atom. The number of rotatable bonds is 2. The molecule has 4 fully saturated rings. The maximum Gasteiger partial charge on any atom is 0.331 e. The van der Waals surface area contributed by atoms with Crippen molar-refractivity contribution in [3.63, 3.8) is 0 Å². The van der Waals surface area contributed by atoms with E-state index in [0.29, 0.717) is 31.1 Å². The Balaban J connectivity index is 1.69. The normalized spacial score (nSPS) is 53.9. The molecule has 5 nitrogen and oxygen atoms in total. The van der Waals surface area contributed by atoms with Crippen LogP contribution in [0.3, 0.4) is 0 Å². The predicted octanol–water partition coefficient (Wildman–Crippen LogP) is 3.27. The van der Waals surface area contributed by atoms with Crippen LogP contribution in [0, 0.1) is 28.6 Å². The Hall–Kier alpha value is -0.910. The van der Waals surface area contributed by atoms with Gasteiger partial charge < -0.3 is 20.4 Å². The minimum atomic E-state index is -1.28. The summed E-state index contributed by atoms with van der Waals surface area (Å²) in [6, 6.07) is 0. The molecule has 4 aliphatic rings. The Morgan fingerprint density at radius 1 is 0.964 bits per heavy atom. The molecule has 2 unspecified atom stereocenters. The highest BCUT2D eigenvalue weighted by Gasteiger charge is 2.71. The number of carboxylic acid groups (broad SMARTS) is 1. The van der Waals surface area contributed by atoms with E-state index in [9.17, 15) is 25.2 Å². The van der Waals surface area contributed by atoms with Crippen LogP contribution >= 0.6 is 0 Å². The van der Waals surface area contributed by atoms with Crippen LogP contribution in [0.5, 0.6) is 0 Å². The van der Waals surface area contributed by atoms with Gasteiger partial charge in [-0.3, -0.25) is 0 Å². The van der Waals surface area contributed by atoms with Gasteiger partial charge in [0.1, 0.15) is 0 Å². The second kappa shape index (κ2) is 6.29. The lowest BCUT2D eigenvalue weighted by atomic mass is 9.43. The van der Waals surface area contributed by atoms with E-state index >= 15 is 0 Å². The van der Waals surface area contributed by atoms with Crippen molar-refractivity contribution >= 4 is 5.97 Å². The largest absolute Gasteiger partial charge is 0.478 e. The second-order valence-electron chi connectivity index (χ2n) is 10.8. The van der Waals surface area contributed by atoms with Gasteiger partial charge in [-0.05, 0) is 94.0 Å². The van der Waals surface area contributed by atoms with Crippen LogP contribution in [0.2, 0.25) is 0 Å². The zero-order chi connectivity index (χ0) is 20.5. The molecule has 8 atom stereocenters. The fourth-order valence-electron chi connectivity index (χ4n) is 7.91. The molecule has 0 aromatic heterocycles. The molecular weight excluding hydrogens is 356 g/mol. The van der Waals surface area contributed by atoms with Crippen LogP contribution < -0.4 is 0 Å². The van der Waals surface area contributed by atoms with Crippen molar-refractivity contribution in [1.82, 2.24) is 0 Å². The van der Waals surface area contributed by atoms with Gasteiger partial charge in [-0.1, -0.05) is 13.8 Å². The first-order valence-corrected chi connectivity index (χ1v) is 11.0. The first-order chi connectivity index (χ1) is 13.0. The highest BCUT2D eigenvalue weighted by Crippen LogP contribution is 2.70. The molecule has 0 aromatic rings. The average molecular weight is 393 g/mol. The van der Waals surface area contributed by atoms with Gasteiger partial charge in [0.15, 0.2) is 0 Å². The zero-order valence-electron chi connectivity index (χ0n) is 17.4. The van der Waals surface area contributed by atoms with Crippen LogP contribution in [0.15, 0.2) is 11.6 Å². The van der Waals surface area contributed by atoms with E-state index < -0.39 is 22.6 Å². The first kappa shape index (κ1) is 20.4. The number of aliphatic hydroxyl groups is 3. The molecule has 0 radical (unpaired) electrons. The molecule has 0 saturated heterocycles. The quantitative estimate of drug-likeness (QED) is 0.541. The van der Waals surface area contributed by atoms with Gasteiger partial charge in [0.05, 0.1) is 17.3 Å². The molecule has 0 amide bonds. The van der Waals surface area contributed by atoms with Crippen LogP contribution in [0.1, 0.15) is 78.6 Å². The van der Waals surface area contributed by atoms with Crippen molar-refractivity contribution < 1.29 is 25.2 Å². The molecule has 0 aromatic carbocycles. The monoisotopic (exact) mass is 392 g/mol. The summed E-state index contributed by atoms with van der Waals surface area (Å²) in [5.41, 5.74) is -2.69. The Kier molecular flexibility index (Phi) is 4.58. The van der Waals surface area contributed by atoms with Gasteiger partial charge in [0, 0.05) is 11.0 Å². The molecule has 4 saturated carbocycles. The number of hydrogen-bond acceptors (Lipinski definition) is 4. The van der Waals surface area contributed by atoms with E-state index in [2.05, 4.69) is 6.92 Å². The molecule has 0 spiro atoms. The third-order valence-corrected chi connectivity index (χ3v) is 9.82. The Labute approximate surface area is 167 Å². The molecule has 4 rings (SSSR count). The number of aliphatic hydroxyl groups excluding tert-OH is 1. The molecule has 158 valence electrons. The number of aliphatic carboxylic acids is 1. The van der Waals surface area contributed by atoms with Crippen molar-refractivity contribution in [1.29, 1.82) is 0 Å². The van der Waals surface area contributed by atoms with E-state index in [1.54, 1.807) is 0 Å². The van der Waals surface area contributed by atoms with Crippen LogP contribution in [0.25, 0.3) is 0 Å². The maximum absolute atomic E-state index is 12.0. The van der Waals surface area contributed by atoms with Gasteiger partial charge in [-0.2, -0.15) is 0 Å². The van der Waals surface area contributed by atoms with E-state index in [1.807, 2.05) is 6.92 Å². The van der Waals surface area contributed by atoms with E-state index in [1.165, 1.54) is 13.0 Å². The lowest BCUT2D eigenvalue weighted by Crippen LogP contribution is -2.65. The molecule has 0 aliphatic heterocycles. The highest BCUT2D eigenvalue weighted by atomic mass is 16.4. The third-order valence-electron chi connectivity index (χ3n) is 9.82. The first-order valence-electron chi connectivity index (χ1n) is 11.0. The molecule has 4 aliphatic carbocycles. The third kappa shape index (κ3) is 2.51. The van der Waals surface area contributed by atoms with Gasteiger partial charge in [0.25, 0.3) is 0 Å². The van der Waals surface area contributed by atoms with Crippen molar-refractivity contribution in [3.8, 4) is 0 Å². The smallest absolute Gasteiger partial charge is 0.331 e. The molecule has 4 N–H and O–H groups in total. The summed E-state index contributed by atoms with van der Waals surface area (Å²) in [7, 11) is 0. The lowest BCUT2D eigenvalue weighted by molar-refractivity contribution is -0.227. The van der Waals surface area contributed by atoms with E-state index in [4.69, 9.17) is 0 Å². The molecule has 28 heavy (non-hydrogen) atoms. The summed E-state index contributed by atoms with van der Waals surface area (Å²) >= 11 is 0. The standard InChI is InChI=1S/C23H36O5/c1-14(19(25)26)13-22(27)10-11-23(28)18-5-4-15-12-16(24)6-8-20(15,2)17(18)7-9-21(22,23)3/h13,15-18,24,27-28H,4-12H2,1-3H3,(H,25,26)/b14-13+/t15?,16?,17-,18+,20-,21+,22-,23+/m0/s1. The van der Waals surface area contributed by atoms with E-state index in [0.717, 1.165) is 38.5 Å². The average Bonchev–Trinajstić information content (AvgIpc) is 2.83. The maximum atomic E-state index is 12.0. The van der Waals surface area contributed by atoms with Gasteiger partial charge in [-0.15, -0.1) is 0 Å². The fraction of sp³-hybridized carbons (Fsp3) is 0.870. The van der Waals surface area contributed by atoms with Crippen LogP contribution in [-0.4, -0.2) is 43.7 Å².